The van der Waals surface area contributed by atoms with Gasteiger partial charge in [-0.15, -0.1) is 0 Å². The van der Waals surface area contributed by atoms with Gasteiger partial charge in [0, 0.05) is 67.7 Å². The second-order valence-corrected chi connectivity index (χ2v) is 11.3. The number of anilines is 1. The Labute approximate surface area is 239 Å². The lowest BCUT2D eigenvalue weighted by Gasteiger charge is -2.43. The van der Waals surface area contributed by atoms with E-state index in [0.29, 0.717) is 37.7 Å². The SMILES string of the molecule is C=CC(=O)N1CCN(c2nc(=O)n(-c3c(C)ccnc3C(C)C)c3c2CN(C)[C@H](c2c(O)cccc2F)C3)[C@@H](C)C1. The molecule has 0 radical (unpaired) electrons. The largest absolute Gasteiger partial charge is 0.508 e. The molecule has 1 amide bonds. The van der Waals surface area contributed by atoms with E-state index < -0.39 is 17.5 Å². The Bertz CT molecular complexity index is 1550. The van der Waals surface area contributed by atoms with Crippen molar-refractivity contribution < 1.29 is 14.3 Å². The lowest BCUT2D eigenvalue weighted by molar-refractivity contribution is -0.126. The average Bonchev–Trinajstić information content (AvgIpc) is 2.93. The molecule has 0 unspecified atom stereocenters. The van der Waals surface area contributed by atoms with Crippen molar-refractivity contribution in [2.75, 3.05) is 31.6 Å². The Hall–Kier alpha value is -4.05. The highest BCUT2D eigenvalue weighted by molar-refractivity contribution is 5.87. The van der Waals surface area contributed by atoms with Gasteiger partial charge in [-0.3, -0.25) is 19.2 Å². The number of amides is 1. The zero-order chi connectivity index (χ0) is 29.6. The number of hydrogen-bond donors (Lipinski definition) is 1. The number of hydrogen-bond acceptors (Lipinski definition) is 7. The molecular formula is C31H37FN6O3. The minimum absolute atomic E-state index is 0.0419. The summed E-state index contributed by atoms with van der Waals surface area (Å²) in [5.74, 6) is -0.117. The summed E-state index contributed by atoms with van der Waals surface area (Å²) in [5, 5.41) is 10.7. The van der Waals surface area contributed by atoms with Gasteiger partial charge in [-0.2, -0.15) is 4.98 Å². The third kappa shape index (κ3) is 5.01. The fraction of sp³-hybridized carbons (Fsp3) is 0.419. The molecule has 9 nitrogen and oxygen atoms in total. The molecule has 1 aromatic carbocycles. The fourth-order valence-corrected chi connectivity index (χ4v) is 6.20. The van der Waals surface area contributed by atoms with Crippen molar-refractivity contribution >= 4 is 11.7 Å². The number of aryl methyl sites for hydroxylation is 1. The second kappa shape index (κ2) is 11.1. The van der Waals surface area contributed by atoms with Crippen LogP contribution in [0.15, 0.2) is 47.9 Å². The van der Waals surface area contributed by atoms with Gasteiger partial charge in [0.1, 0.15) is 17.4 Å². The first kappa shape index (κ1) is 28.5. The van der Waals surface area contributed by atoms with Crippen LogP contribution in [0.1, 0.15) is 60.8 Å². The van der Waals surface area contributed by atoms with Crippen LogP contribution in [0.3, 0.4) is 0 Å². The number of likely N-dealkylation sites (N-methyl/N-ethyl adjacent to an activating group) is 1. The van der Waals surface area contributed by atoms with Crippen LogP contribution in [0.25, 0.3) is 5.69 Å². The van der Waals surface area contributed by atoms with Gasteiger partial charge in [-0.1, -0.05) is 26.5 Å². The van der Waals surface area contributed by atoms with Crippen molar-refractivity contribution in [1.82, 2.24) is 24.3 Å². The molecule has 0 aliphatic carbocycles. The highest BCUT2D eigenvalue weighted by atomic mass is 19.1. The Balaban J connectivity index is 1.72. The van der Waals surface area contributed by atoms with Gasteiger partial charge in [-0.05, 0) is 56.7 Å². The van der Waals surface area contributed by atoms with E-state index in [1.165, 1.54) is 24.3 Å². The summed E-state index contributed by atoms with van der Waals surface area (Å²) in [6, 6.07) is 5.58. The van der Waals surface area contributed by atoms with Crippen LogP contribution < -0.4 is 10.6 Å². The molecule has 2 aliphatic rings. The van der Waals surface area contributed by atoms with Gasteiger partial charge < -0.3 is 14.9 Å². The van der Waals surface area contributed by atoms with Crippen molar-refractivity contribution in [2.45, 2.75) is 58.7 Å². The van der Waals surface area contributed by atoms with E-state index in [1.54, 1.807) is 15.7 Å². The molecule has 216 valence electrons. The smallest absolute Gasteiger partial charge is 0.354 e. The van der Waals surface area contributed by atoms with E-state index in [-0.39, 0.29) is 35.6 Å². The van der Waals surface area contributed by atoms with Crippen LogP contribution in [-0.2, 0) is 17.8 Å². The number of nitrogens with zero attached hydrogens (tertiary/aromatic N) is 6. The topological polar surface area (TPSA) is 94.8 Å². The summed E-state index contributed by atoms with van der Waals surface area (Å²) < 4.78 is 16.8. The Morgan fingerprint density at radius 1 is 1.24 bits per heavy atom. The number of phenolic OH excluding ortho intramolecular Hbond substituents is 1. The minimum Gasteiger partial charge on any atom is -0.508 e. The third-order valence-electron chi connectivity index (χ3n) is 8.28. The van der Waals surface area contributed by atoms with E-state index in [0.717, 1.165) is 22.5 Å². The summed E-state index contributed by atoms with van der Waals surface area (Å²) in [7, 11) is 1.89. The average molecular weight is 561 g/mol. The second-order valence-electron chi connectivity index (χ2n) is 11.3. The molecule has 1 fully saturated rings. The van der Waals surface area contributed by atoms with E-state index in [1.807, 2.05) is 45.7 Å². The van der Waals surface area contributed by atoms with Crippen LogP contribution >= 0.6 is 0 Å². The summed E-state index contributed by atoms with van der Waals surface area (Å²) in [6.07, 6.45) is 3.34. The molecule has 4 heterocycles. The number of carbonyl (C=O) groups is 1. The molecule has 2 aliphatic heterocycles. The van der Waals surface area contributed by atoms with E-state index in [9.17, 15) is 14.7 Å². The Kier molecular flexibility index (Phi) is 7.70. The van der Waals surface area contributed by atoms with Gasteiger partial charge in [0.25, 0.3) is 0 Å². The van der Waals surface area contributed by atoms with Gasteiger partial charge in [0.2, 0.25) is 5.91 Å². The number of carbonyl (C=O) groups excluding carboxylic acids is 1. The normalized spacial score (nSPS) is 19.4. The molecule has 2 atom stereocenters. The molecule has 1 saturated heterocycles. The maximum Gasteiger partial charge on any atom is 0.354 e. The van der Waals surface area contributed by atoms with Crippen molar-refractivity contribution in [2.24, 2.45) is 0 Å². The van der Waals surface area contributed by atoms with Crippen LogP contribution in [0.5, 0.6) is 5.75 Å². The monoisotopic (exact) mass is 560 g/mol. The predicted molar refractivity (Wildman–Crippen MR) is 156 cm³/mol. The first-order chi connectivity index (χ1) is 19.5. The molecule has 2 aromatic heterocycles. The summed E-state index contributed by atoms with van der Waals surface area (Å²) >= 11 is 0. The number of pyridine rings is 1. The number of piperazine rings is 1. The highest BCUT2D eigenvalue weighted by Crippen LogP contribution is 2.41. The van der Waals surface area contributed by atoms with Crippen molar-refractivity contribution in [3.05, 3.63) is 87.5 Å². The number of halogens is 1. The first-order valence-corrected chi connectivity index (χ1v) is 14.0. The molecule has 3 aromatic rings. The maximum atomic E-state index is 15.1. The van der Waals surface area contributed by atoms with Crippen LogP contribution in [0.4, 0.5) is 10.2 Å². The number of fused-ring (bicyclic) bond motifs is 1. The molecule has 10 heteroatoms. The molecule has 1 N–H and O–H groups in total. The van der Waals surface area contributed by atoms with Crippen LogP contribution in [0.2, 0.25) is 0 Å². The first-order valence-electron chi connectivity index (χ1n) is 14.0. The van der Waals surface area contributed by atoms with Gasteiger partial charge >= 0.3 is 5.69 Å². The van der Waals surface area contributed by atoms with Gasteiger partial charge in [0.05, 0.1) is 11.4 Å². The molecule has 0 saturated carbocycles. The summed E-state index contributed by atoms with van der Waals surface area (Å²) in [5.41, 5.74) is 3.71. The number of aromatic nitrogens is 3. The van der Waals surface area contributed by atoms with Crippen LogP contribution in [-0.4, -0.2) is 68.1 Å². The minimum atomic E-state index is -0.511. The molecular weight excluding hydrogens is 523 g/mol. The van der Waals surface area contributed by atoms with E-state index in [4.69, 9.17) is 0 Å². The highest BCUT2D eigenvalue weighted by Gasteiger charge is 2.37. The summed E-state index contributed by atoms with van der Waals surface area (Å²) in [4.78, 5) is 41.5. The van der Waals surface area contributed by atoms with E-state index in [2.05, 4.69) is 21.4 Å². The summed E-state index contributed by atoms with van der Waals surface area (Å²) in [6.45, 7) is 13.5. The molecule has 41 heavy (non-hydrogen) atoms. The predicted octanol–water partition coefficient (Wildman–Crippen LogP) is 3.86. The third-order valence-corrected chi connectivity index (χ3v) is 8.28. The molecule has 0 bridgehead atoms. The lowest BCUT2D eigenvalue weighted by Crippen LogP contribution is -2.54. The number of aromatic hydroxyl groups is 1. The van der Waals surface area contributed by atoms with E-state index >= 15 is 4.39 Å². The molecule has 5 rings (SSSR count). The van der Waals surface area contributed by atoms with Crippen molar-refractivity contribution in [1.29, 1.82) is 0 Å². The van der Waals surface area contributed by atoms with Crippen LogP contribution in [0, 0.1) is 12.7 Å². The Morgan fingerprint density at radius 3 is 2.66 bits per heavy atom. The lowest BCUT2D eigenvalue weighted by atomic mass is 9.91. The number of benzene rings is 1. The quantitative estimate of drug-likeness (QED) is 0.474. The number of phenols is 1. The van der Waals surface area contributed by atoms with Crippen molar-refractivity contribution in [3.63, 3.8) is 0 Å². The van der Waals surface area contributed by atoms with Crippen molar-refractivity contribution in [3.8, 4) is 11.4 Å². The Morgan fingerprint density at radius 2 is 2.00 bits per heavy atom. The van der Waals surface area contributed by atoms with Gasteiger partial charge in [-0.25, -0.2) is 9.18 Å². The zero-order valence-electron chi connectivity index (χ0n) is 24.3. The maximum absolute atomic E-state index is 15.1. The standard InChI is InChI=1S/C31H37FN6O3/c1-7-26(40)36-13-14-37(20(5)16-36)30-21-17-35(6)24(27-22(32)9-8-10-25(27)39)15-23(21)38(31(41)34-30)29-19(4)11-12-33-28(29)18(2)3/h7-12,18,20,24,39H,1,13-17H2,2-6H3/t20-,24-/m0/s1. The zero-order valence-corrected chi connectivity index (χ0v) is 24.3. The fourth-order valence-electron chi connectivity index (χ4n) is 6.20. The number of rotatable bonds is 5. The van der Waals surface area contributed by atoms with Gasteiger partial charge in [0.15, 0.2) is 0 Å². The molecule has 0 spiro atoms.